The summed E-state index contributed by atoms with van der Waals surface area (Å²) < 4.78 is 5.38. The summed E-state index contributed by atoms with van der Waals surface area (Å²) in [5.74, 6) is -1.50. The van der Waals surface area contributed by atoms with Gasteiger partial charge in [-0.3, -0.25) is 19.7 Å². The lowest BCUT2D eigenvalue weighted by molar-refractivity contribution is -0.144. The Kier molecular flexibility index (Phi) is 7.57. The van der Waals surface area contributed by atoms with Crippen LogP contribution in [0.5, 0.6) is 0 Å². The van der Waals surface area contributed by atoms with E-state index in [-0.39, 0.29) is 18.6 Å². The highest BCUT2D eigenvalue weighted by Gasteiger charge is 2.23. The van der Waals surface area contributed by atoms with Crippen molar-refractivity contribution in [3.05, 3.63) is 46.5 Å². The van der Waals surface area contributed by atoms with Crippen LogP contribution in [0.2, 0.25) is 0 Å². The van der Waals surface area contributed by atoms with Gasteiger partial charge in [-0.25, -0.2) is 0 Å². The molecule has 0 aromatic heterocycles. The molecule has 5 nitrogen and oxygen atoms in total. The van der Waals surface area contributed by atoms with E-state index in [1.165, 1.54) is 11.1 Å². The average Bonchev–Trinajstić information content (AvgIpc) is 2.94. The number of aryl methyl sites for hydroxylation is 2. The zero-order valence-electron chi connectivity index (χ0n) is 15.6. The smallest absolute Gasteiger partial charge is 0.310 e. The van der Waals surface area contributed by atoms with Crippen molar-refractivity contribution in [2.75, 3.05) is 0 Å². The minimum Gasteiger partial charge on any atom is -0.461 e. The molecule has 1 aliphatic heterocycles. The van der Waals surface area contributed by atoms with Gasteiger partial charge in [-0.15, -0.1) is 0 Å². The summed E-state index contributed by atoms with van der Waals surface area (Å²) in [5, 5.41) is 2.13. The summed E-state index contributed by atoms with van der Waals surface area (Å²) in [7, 11) is 0. The van der Waals surface area contributed by atoms with E-state index in [4.69, 9.17) is 4.74 Å². The highest BCUT2D eigenvalue weighted by atomic mass is 16.5. The zero-order valence-corrected chi connectivity index (χ0v) is 15.6. The number of unbranched alkanes of at least 4 members (excludes halogenated alkanes) is 2. The molecule has 140 valence electrons. The van der Waals surface area contributed by atoms with Crippen LogP contribution in [-0.2, 0) is 38.6 Å². The third kappa shape index (κ3) is 5.83. The fourth-order valence-corrected chi connectivity index (χ4v) is 2.91. The first-order valence-corrected chi connectivity index (χ1v) is 9.35. The molecule has 0 atom stereocenters. The van der Waals surface area contributed by atoms with Gasteiger partial charge in [-0.1, -0.05) is 44.9 Å². The molecule has 1 N–H and O–H groups in total. The standard InChI is InChI=1S/C21H27NO4/c1-3-5-7-15-9-10-16(8-6-4-2)18(11-15)14-26-20(24)13-17-12-19(23)22-21(17)25/h9-12H,3-8,13-14H2,1-2H3,(H,22,23,25). The molecule has 0 fully saturated rings. The minimum absolute atomic E-state index is 0.155. The Hall–Kier alpha value is -2.43. The molecule has 1 aliphatic rings. The molecule has 0 bridgehead atoms. The number of benzene rings is 1. The maximum Gasteiger partial charge on any atom is 0.310 e. The molecule has 0 radical (unpaired) electrons. The fourth-order valence-electron chi connectivity index (χ4n) is 2.91. The number of nitrogens with one attached hydrogen (secondary N) is 1. The van der Waals surface area contributed by atoms with Gasteiger partial charge in [0.25, 0.3) is 11.8 Å². The van der Waals surface area contributed by atoms with E-state index >= 15 is 0 Å². The molecule has 1 heterocycles. The third-order valence-corrected chi connectivity index (χ3v) is 4.45. The predicted octanol–water partition coefficient (Wildman–Crippen LogP) is 3.39. The van der Waals surface area contributed by atoms with E-state index in [1.54, 1.807) is 0 Å². The number of rotatable bonds is 10. The van der Waals surface area contributed by atoms with Gasteiger partial charge < -0.3 is 4.74 Å². The lowest BCUT2D eigenvalue weighted by atomic mass is 9.98. The molecule has 0 saturated carbocycles. The molecule has 2 rings (SSSR count). The van der Waals surface area contributed by atoms with Crippen LogP contribution in [0.4, 0.5) is 0 Å². The number of carbonyl (C=O) groups is 3. The van der Waals surface area contributed by atoms with Gasteiger partial charge in [0.15, 0.2) is 0 Å². The first kappa shape index (κ1) is 19.9. The van der Waals surface area contributed by atoms with Crippen LogP contribution < -0.4 is 5.32 Å². The molecule has 0 aliphatic carbocycles. The van der Waals surface area contributed by atoms with Gasteiger partial charge in [0.2, 0.25) is 0 Å². The molecule has 2 amide bonds. The lowest BCUT2D eigenvalue weighted by Gasteiger charge is -2.12. The van der Waals surface area contributed by atoms with Gasteiger partial charge in [-0.05, 0) is 42.4 Å². The molecular weight excluding hydrogens is 330 g/mol. The highest BCUT2D eigenvalue weighted by Crippen LogP contribution is 2.18. The van der Waals surface area contributed by atoms with E-state index in [0.717, 1.165) is 50.2 Å². The van der Waals surface area contributed by atoms with Crippen molar-refractivity contribution in [2.45, 2.75) is 65.4 Å². The van der Waals surface area contributed by atoms with E-state index in [1.807, 2.05) is 0 Å². The lowest BCUT2D eigenvalue weighted by Crippen LogP contribution is -2.23. The van der Waals surface area contributed by atoms with Crippen molar-refractivity contribution < 1.29 is 19.1 Å². The van der Waals surface area contributed by atoms with Gasteiger partial charge in [0.05, 0.1) is 6.42 Å². The van der Waals surface area contributed by atoms with Crippen LogP contribution in [0.25, 0.3) is 0 Å². The summed E-state index contributed by atoms with van der Waals surface area (Å²) in [5.41, 5.74) is 3.64. The number of imide groups is 1. The summed E-state index contributed by atoms with van der Waals surface area (Å²) in [6, 6.07) is 6.42. The van der Waals surface area contributed by atoms with Crippen molar-refractivity contribution in [1.82, 2.24) is 5.32 Å². The summed E-state index contributed by atoms with van der Waals surface area (Å²) >= 11 is 0. The van der Waals surface area contributed by atoms with Crippen LogP contribution in [0.1, 0.15) is 62.6 Å². The Balaban J connectivity index is 2.00. The maximum atomic E-state index is 12.1. The molecule has 1 aromatic rings. The van der Waals surface area contributed by atoms with Crippen molar-refractivity contribution in [1.29, 1.82) is 0 Å². The quantitative estimate of drug-likeness (QED) is 0.515. The van der Waals surface area contributed by atoms with Crippen molar-refractivity contribution in [3.63, 3.8) is 0 Å². The van der Waals surface area contributed by atoms with Gasteiger partial charge in [0, 0.05) is 11.6 Å². The molecule has 1 aromatic carbocycles. The van der Waals surface area contributed by atoms with Crippen LogP contribution in [0.15, 0.2) is 29.8 Å². The monoisotopic (exact) mass is 357 g/mol. The molecule has 26 heavy (non-hydrogen) atoms. The van der Waals surface area contributed by atoms with Crippen molar-refractivity contribution in [3.8, 4) is 0 Å². The molecule has 5 heteroatoms. The highest BCUT2D eigenvalue weighted by molar-refractivity contribution is 6.17. The second-order valence-corrected chi connectivity index (χ2v) is 6.64. The number of hydrogen-bond donors (Lipinski definition) is 1. The summed E-state index contributed by atoms with van der Waals surface area (Å²) in [4.78, 5) is 34.7. The number of carbonyl (C=O) groups excluding carboxylic acids is 3. The number of ether oxygens (including phenoxy) is 1. The van der Waals surface area contributed by atoms with Crippen molar-refractivity contribution >= 4 is 17.8 Å². The SMILES string of the molecule is CCCCc1ccc(CCCC)c(COC(=O)CC2=CC(=O)NC2=O)c1. The first-order chi connectivity index (χ1) is 12.5. The molecule has 0 unspecified atom stereocenters. The summed E-state index contributed by atoms with van der Waals surface area (Å²) in [6.45, 7) is 4.51. The number of esters is 1. The molecule has 0 spiro atoms. The van der Waals surface area contributed by atoms with Crippen LogP contribution >= 0.6 is 0 Å². The largest absolute Gasteiger partial charge is 0.461 e. The molecule has 0 saturated heterocycles. The van der Waals surface area contributed by atoms with Crippen LogP contribution in [0, 0.1) is 0 Å². The molecular formula is C21H27NO4. The van der Waals surface area contributed by atoms with Gasteiger partial charge in [0.1, 0.15) is 6.61 Å². The predicted molar refractivity (Wildman–Crippen MR) is 99.3 cm³/mol. The first-order valence-electron chi connectivity index (χ1n) is 9.35. The number of amides is 2. The van der Waals surface area contributed by atoms with Gasteiger partial charge >= 0.3 is 5.97 Å². The second-order valence-electron chi connectivity index (χ2n) is 6.64. The third-order valence-electron chi connectivity index (χ3n) is 4.45. The van der Waals surface area contributed by atoms with E-state index in [0.29, 0.717) is 0 Å². The van der Waals surface area contributed by atoms with Crippen LogP contribution in [-0.4, -0.2) is 17.8 Å². The van der Waals surface area contributed by atoms with E-state index < -0.39 is 17.8 Å². The van der Waals surface area contributed by atoms with Crippen molar-refractivity contribution in [2.24, 2.45) is 0 Å². The zero-order chi connectivity index (χ0) is 18.9. The van der Waals surface area contributed by atoms with Gasteiger partial charge in [-0.2, -0.15) is 0 Å². The Labute approximate surface area is 154 Å². The Morgan fingerprint density at radius 3 is 2.42 bits per heavy atom. The Bertz CT molecular complexity index is 706. The topological polar surface area (TPSA) is 72.5 Å². The average molecular weight is 357 g/mol. The van der Waals surface area contributed by atoms with E-state index in [9.17, 15) is 14.4 Å². The Morgan fingerprint density at radius 1 is 1.04 bits per heavy atom. The van der Waals surface area contributed by atoms with E-state index in [2.05, 4.69) is 37.4 Å². The normalized spacial score (nSPS) is 13.5. The Morgan fingerprint density at radius 2 is 1.77 bits per heavy atom. The number of hydrogen-bond acceptors (Lipinski definition) is 4. The summed E-state index contributed by atoms with van der Waals surface area (Å²) in [6.07, 6.45) is 7.40. The minimum atomic E-state index is -0.517. The van der Waals surface area contributed by atoms with Crippen LogP contribution in [0.3, 0.4) is 0 Å². The maximum absolute atomic E-state index is 12.1. The fraction of sp³-hybridized carbons (Fsp3) is 0.476. The second kappa shape index (κ2) is 9.90.